The molecule has 1 aliphatic rings. The molecule has 1 aliphatic carbocycles. The summed E-state index contributed by atoms with van der Waals surface area (Å²) in [5.41, 5.74) is 15.6. The van der Waals surface area contributed by atoms with Crippen molar-refractivity contribution in [3.05, 3.63) is 0 Å². The summed E-state index contributed by atoms with van der Waals surface area (Å²) < 4.78 is 5.34. The molecule has 0 aromatic rings. The van der Waals surface area contributed by atoms with Gasteiger partial charge in [0, 0.05) is 6.61 Å². The van der Waals surface area contributed by atoms with Crippen molar-refractivity contribution in [2.24, 2.45) is 33.1 Å². The number of hydrogen-bond donors (Lipinski definition) is 3. The summed E-state index contributed by atoms with van der Waals surface area (Å²) in [6.07, 6.45) is 2.58. The van der Waals surface area contributed by atoms with E-state index in [1.54, 1.807) is 0 Å². The Morgan fingerprint density at radius 1 is 1.29 bits per heavy atom. The van der Waals surface area contributed by atoms with Crippen LogP contribution in [-0.4, -0.2) is 31.7 Å². The molecule has 0 radical (unpaired) electrons. The Balaban J connectivity index is 2.02. The van der Waals surface area contributed by atoms with Gasteiger partial charge >= 0.3 is 0 Å². The first kappa shape index (κ1) is 10.8. The third-order valence-electron chi connectivity index (χ3n) is 1.80. The topological polar surface area (TPSA) is 112 Å². The fraction of sp³-hybridized carbons (Fsp3) is 0.750. The monoisotopic (exact) mass is 199 g/mol. The van der Waals surface area contributed by atoms with Crippen molar-refractivity contribution >= 4 is 11.9 Å². The minimum absolute atomic E-state index is 0.0786. The second-order valence-electron chi connectivity index (χ2n) is 3.29. The van der Waals surface area contributed by atoms with Crippen LogP contribution in [0.15, 0.2) is 9.98 Å². The molecule has 0 heterocycles. The molecule has 6 heteroatoms. The Morgan fingerprint density at radius 3 is 2.57 bits per heavy atom. The average molecular weight is 199 g/mol. The van der Waals surface area contributed by atoms with Crippen molar-refractivity contribution in [3.63, 3.8) is 0 Å². The third kappa shape index (κ3) is 5.36. The average Bonchev–Trinajstić information content (AvgIpc) is 2.86. The number of rotatable bonds is 5. The summed E-state index contributed by atoms with van der Waals surface area (Å²) in [7, 11) is 0. The Morgan fingerprint density at radius 2 is 2.00 bits per heavy atom. The van der Waals surface area contributed by atoms with Crippen LogP contribution in [0.3, 0.4) is 0 Å². The molecule has 1 fully saturated rings. The first-order chi connectivity index (χ1) is 6.68. The van der Waals surface area contributed by atoms with Crippen LogP contribution in [-0.2, 0) is 4.74 Å². The zero-order chi connectivity index (χ0) is 10.4. The van der Waals surface area contributed by atoms with Gasteiger partial charge in [-0.25, -0.2) is 4.99 Å². The summed E-state index contributed by atoms with van der Waals surface area (Å²) in [6, 6.07) is 0. The molecule has 14 heavy (non-hydrogen) atoms. The van der Waals surface area contributed by atoms with Crippen LogP contribution in [0, 0.1) is 5.92 Å². The maximum absolute atomic E-state index is 5.38. The quantitative estimate of drug-likeness (QED) is 0.299. The highest BCUT2D eigenvalue weighted by atomic mass is 16.5. The smallest absolute Gasteiger partial charge is 0.218 e. The molecule has 80 valence electrons. The zero-order valence-electron chi connectivity index (χ0n) is 8.15. The second-order valence-corrected chi connectivity index (χ2v) is 3.29. The highest BCUT2D eigenvalue weighted by Gasteiger charge is 2.20. The molecule has 0 aromatic carbocycles. The van der Waals surface area contributed by atoms with Gasteiger partial charge in [0.2, 0.25) is 5.96 Å². The van der Waals surface area contributed by atoms with Gasteiger partial charge in [-0.1, -0.05) is 0 Å². The Bertz CT molecular complexity index is 230. The molecular weight excluding hydrogens is 182 g/mol. The number of hydrogen-bond acceptors (Lipinski definition) is 2. The SMILES string of the molecule is NC(N)=NC(N)=NCCOCC1CC1. The van der Waals surface area contributed by atoms with Gasteiger partial charge < -0.3 is 21.9 Å². The first-order valence-electron chi connectivity index (χ1n) is 4.66. The maximum atomic E-state index is 5.38. The van der Waals surface area contributed by atoms with Gasteiger partial charge in [-0.3, -0.25) is 0 Å². The molecule has 0 aromatic heterocycles. The minimum atomic E-state index is -0.0786. The predicted molar refractivity (Wildman–Crippen MR) is 55.8 cm³/mol. The van der Waals surface area contributed by atoms with E-state index in [1.807, 2.05) is 0 Å². The molecule has 0 aliphatic heterocycles. The standard InChI is InChI=1S/C8H17N5O/c9-7(10)13-8(11)12-3-4-14-5-6-1-2-6/h6H,1-5H2,(H6,9,10,11,12,13). The highest BCUT2D eigenvalue weighted by molar-refractivity contribution is 5.92. The fourth-order valence-corrected chi connectivity index (χ4v) is 0.927. The summed E-state index contributed by atoms with van der Waals surface area (Å²) in [5.74, 6) is 0.791. The van der Waals surface area contributed by atoms with Crippen LogP contribution < -0.4 is 17.2 Å². The fourth-order valence-electron chi connectivity index (χ4n) is 0.927. The Kier molecular flexibility index (Phi) is 4.18. The van der Waals surface area contributed by atoms with Gasteiger partial charge in [0.1, 0.15) is 0 Å². The van der Waals surface area contributed by atoms with Crippen LogP contribution in [0.5, 0.6) is 0 Å². The van der Waals surface area contributed by atoms with E-state index >= 15 is 0 Å². The lowest BCUT2D eigenvalue weighted by Crippen LogP contribution is -2.26. The van der Waals surface area contributed by atoms with E-state index in [0.29, 0.717) is 13.2 Å². The molecule has 1 saturated carbocycles. The van der Waals surface area contributed by atoms with Gasteiger partial charge in [0.25, 0.3) is 0 Å². The van der Waals surface area contributed by atoms with Crippen molar-refractivity contribution < 1.29 is 4.74 Å². The number of ether oxygens (including phenoxy) is 1. The highest BCUT2D eigenvalue weighted by Crippen LogP contribution is 2.28. The number of nitrogens with two attached hydrogens (primary N) is 3. The molecular formula is C8H17N5O. The van der Waals surface area contributed by atoms with Crippen molar-refractivity contribution in [1.82, 2.24) is 0 Å². The molecule has 0 unspecified atom stereocenters. The van der Waals surface area contributed by atoms with Gasteiger partial charge in [-0.05, 0) is 18.8 Å². The Hall–Kier alpha value is -1.30. The van der Waals surface area contributed by atoms with Crippen molar-refractivity contribution in [3.8, 4) is 0 Å². The molecule has 6 N–H and O–H groups in total. The van der Waals surface area contributed by atoms with Crippen LogP contribution >= 0.6 is 0 Å². The van der Waals surface area contributed by atoms with E-state index in [4.69, 9.17) is 21.9 Å². The molecule has 0 spiro atoms. The van der Waals surface area contributed by atoms with Gasteiger partial charge in [0.15, 0.2) is 5.96 Å². The van der Waals surface area contributed by atoms with E-state index in [-0.39, 0.29) is 11.9 Å². The number of nitrogens with zero attached hydrogens (tertiary/aromatic N) is 2. The normalized spacial score (nSPS) is 16.7. The Labute approximate surface area is 83.2 Å². The first-order valence-corrected chi connectivity index (χ1v) is 4.66. The van der Waals surface area contributed by atoms with E-state index < -0.39 is 0 Å². The van der Waals surface area contributed by atoms with E-state index in [0.717, 1.165) is 12.5 Å². The van der Waals surface area contributed by atoms with Crippen LogP contribution in [0.4, 0.5) is 0 Å². The van der Waals surface area contributed by atoms with Gasteiger partial charge in [-0.15, -0.1) is 0 Å². The largest absolute Gasteiger partial charge is 0.379 e. The van der Waals surface area contributed by atoms with E-state index in [2.05, 4.69) is 9.98 Å². The zero-order valence-corrected chi connectivity index (χ0v) is 8.15. The van der Waals surface area contributed by atoms with Crippen molar-refractivity contribution in [1.29, 1.82) is 0 Å². The summed E-state index contributed by atoms with van der Waals surface area (Å²) in [4.78, 5) is 7.47. The summed E-state index contributed by atoms with van der Waals surface area (Å²) in [6.45, 7) is 1.89. The van der Waals surface area contributed by atoms with Crippen molar-refractivity contribution in [2.45, 2.75) is 12.8 Å². The van der Waals surface area contributed by atoms with E-state index in [9.17, 15) is 0 Å². The second kappa shape index (κ2) is 5.43. The molecule has 1 rings (SSSR count). The molecule has 6 nitrogen and oxygen atoms in total. The lowest BCUT2D eigenvalue weighted by atomic mass is 10.5. The maximum Gasteiger partial charge on any atom is 0.218 e. The molecule has 0 atom stereocenters. The van der Waals surface area contributed by atoms with Crippen LogP contribution in [0.25, 0.3) is 0 Å². The molecule has 0 amide bonds. The van der Waals surface area contributed by atoms with E-state index in [1.165, 1.54) is 12.8 Å². The van der Waals surface area contributed by atoms with Crippen LogP contribution in [0.2, 0.25) is 0 Å². The van der Waals surface area contributed by atoms with Crippen LogP contribution in [0.1, 0.15) is 12.8 Å². The summed E-state index contributed by atoms with van der Waals surface area (Å²) in [5, 5.41) is 0. The molecule has 0 bridgehead atoms. The predicted octanol–water partition coefficient (Wildman–Crippen LogP) is -0.999. The van der Waals surface area contributed by atoms with Crippen molar-refractivity contribution in [2.75, 3.05) is 19.8 Å². The number of guanidine groups is 2. The lowest BCUT2D eigenvalue weighted by Gasteiger charge is -1.99. The molecule has 0 saturated heterocycles. The summed E-state index contributed by atoms with van der Waals surface area (Å²) >= 11 is 0. The lowest BCUT2D eigenvalue weighted by molar-refractivity contribution is 0.132. The van der Waals surface area contributed by atoms with Gasteiger partial charge in [0.05, 0.1) is 13.2 Å². The third-order valence-corrected chi connectivity index (χ3v) is 1.80. The number of aliphatic imine (C=N–C) groups is 2. The minimum Gasteiger partial charge on any atom is -0.379 e. The van der Waals surface area contributed by atoms with Gasteiger partial charge in [-0.2, -0.15) is 4.99 Å².